The first-order valence-corrected chi connectivity index (χ1v) is 6.75. The Kier molecular flexibility index (Phi) is 3.47. The summed E-state index contributed by atoms with van der Waals surface area (Å²) in [6.07, 6.45) is 0.266. The molecule has 0 aliphatic heterocycles. The molecule has 3 aromatic rings. The quantitative estimate of drug-likeness (QED) is 0.712. The average Bonchev–Trinajstić information content (AvgIpc) is 2.48. The SMILES string of the molecule is N#CCc1ccc2oc(-c3ccccc3Cl)cc(=O)c2c1. The molecule has 0 saturated heterocycles. The van der Waals surface area contributed by atoms with Gasteiger partial charge in [0.15, 0.2) is 5.43 Å². The normalized spacial score (nSPS) is 10.5. The highest BCUT2D eigenvalue weighted by atomic mass is 35.5. The van der Waals surface area contributed by atoms with Gasteiger partial charge in [0, 0.05) is 11.6 Å². The Bertz CT molecular complexity index is 922. The van der Waals surface area contributed by atoms with Crippen LogP contribution in [0.25, 0.3) is 22.3 Å². The highest BCUT2D eigenvalue weighted by molar-refractivity contribution is 6.33. The molecule has 0 radical (unpaired) electrons. The van der Waals surface area contributed by atoms with Gasteiger partial charge in [-0.3, -0.25) is 4.79 Å². The third kappa shape index (κ3) is 2.54. The van der Waals surface area contributed by atoms with Crippen LogP contribution >= 0.6 is 11.6 Å². The number of rotatable bonds is 2. The topological polar surface area (TPSA) is 54.0 Å². The van der Waals surface area contributed by atoms with Gasteiger partial charge in [0.1, 0.15) is 11.3 Å². The van der Waals surface area contributed by atoms with Crippen LogP contribution in [0.1, 0.15) is 5.56 Å². The first-order chi connectivity index (χ1) is 10.2. The number of hydrogen-bond acceptors (Lipinski definition) is 3. The Morgan fingerprint density at radius 3 is 2.71 bits per heavy atom. The van der Waals surface area contributed by atoms with E-state index in [4.69, 9.17) is 21.3 Å². The van der Waals surface area contributed by atoms with Gasteiger partial charge in [0.05, 0.1) is 22.9 Å². The van der Waals surface area contributed by atoms with Crippen molar-refractivity contribution in [3.05, 3.63) is 69.3 Å². The highest BCUT2D eigenvalue weighted by Gasteiger charge is 2.10. The second-order valence-corrected chi connectivity index (χ2v) is 5.03. The zero-order valence-corrected chi connectivity index (χ0v) is 11.7. The zero-order valence-electron chi connectivity index (χ0n) is 11.0. The molecule has 102 valence electrons. The van der Waals surface area contributed by atoms with Gasteiger partial charge in [0.2, 0.25) is 0 Å². The van der Waals surface area contributed by atoms with E-state index in [2.05, 4.69) is 6.07 Å². The monoisotopic (exact) mass is 295 g/mol. The molecule has 1 aromatic heterocycles. The van der Waals surface area contributed by atoms with E-state index in [9.17, 15) is 4.79 Å². The molecule has 3 nitrogen and oxygen atoms in total. The largest absolute Gasteiger partial charge is 0.456 e. The fraction of sp³-hybridized carbons (Fsp3) is 0.0588. The van der Waals surface area contributed by atoms with Crippen molar-refractivity contribution in [1.29, 1.82) is 5.26 Å². The molecule has 4 heteroatoms. The van der Waals surface area contributed by atoms with Crippen LogP contribution < -0.4 is 5.43 Å². The van der Waals surface area contributed by atoms with Gasteiger partial charge in [-0.15, -0.1) is 0 Å². The van der Waals surface area contributed by atoms with Gasteiger partial charge in [-0.1, -0.05) is 29.8 Å². The summed E-state index contributed by atoms with van der Waals surface area (Å²) in [5.41, 5.74) is 1.81. The van der Waals surface area contributed by atoms with Crippen molar-refractivity contribution in [3.8, 4) is 17.4 Å². The fourth-order valence-corrected chi connectivity index (χ4v) is 2.43. The first kappa shape index (κ1) is 13.4. The number of nitriles is 1. The van der Waals surface area contributed by atoms with Crippen molar-refractivity contribution in [2.24, 2.45) is 0 Å². The molecule has 0 aliphatic rings. The van der Waals surface area contributed by atoms with Crippen LogP contribution in [-0.2, 0) is 6.42 Å². The molecule has 2 aromatic carbocycles. The Balaban J connectivity index is 2.21. The van der Waals surface area contributed by atoms with Gasteiger partial charge in [-0.05, 0) is 29.8 Å². The van der Waals surface area contributed by atoms with Crippen LogP contribution in [0.4, 0.5) is 0 Å². The van der Waals surface area contributed by atoms with E-state index < -0.39 is 0 Å². The van der Waals surface area contributed by atoms with E-state index >= 15 is 0 Å². The number of halogens is 1. The summed E-state index contributed by atoms with van der Waals surface area (Å²) >= 11 is 6.13. The molecular formula is C17H10ClNO2. The third-order valence-electron chi connectivity index (χ3n) is 3.21. The predicted molar refractivity (Wildman–Crippen MR) is 82.2 cm³/mol. The molecule has 0 amide bonds. The van der Waals surface area contributed by atoms with Crippen LogP contribution in [-0.4, -0.2) is 0 Å². The lowest BCUT2D eigenvalue weighted by atomic mass is 10.1. The van der Waals surface area contributed by atoms with Crippen LogP contribution in [0.2, 0.25) is 5.02 Å². The van der Waals surface area contributed by atoms with Crippen LogP contribution in [0.5, 0.6) is 0 Å². The molecule has 1 heterocycles. The molecule has 3 rings (SSSR count). The van der Waals surface area contributed by atoms with Crippen LogP contribution in [0, 0.1) is 11.3 Å². The van der Waals surface area contributed by atoms with E-state index in [1.165, 1.54) is 6.07 Å². The second kappa shape index (κ2) is 5.43. The second-order valence-electron chi connectivity index (χ2n) is 4.62. The Morgan fingerprint density at radius 2 is 1.95 bits per heavy atom. The Hall–Kier alpha value is -2.57. The van der Waals surface area contributed by atoms with E-state index in [0.29, 0.717) is 27.3 Å². The maximum Gasteiger partial charge on any atom is 0.193 e. The summed E-state index contributed by atoms with van der Waals surface area (Å²) in [4.78, 5) is 12.3. The molecule has 0 bridgehead atoms. The lowest BCUT2D eigenvalue weighted by Crippen LogP contribution is -2.01. The van der Waals surface area contributed by atoms with Gasteiger partial charge >= 0.3 is 0 Å². The summed E-state index contributed by atoms with van der Waals surface area (Å²) in [6.45, 7) is 0. The standard InChI is InChI=1S/C17H10ClNO2/c18-14-4-2-1-3-12(14)17-10-15(20)13-9-11(7-8-19)5-6-16(13)21-17/h1-6,9-10H,7H2. The molecule has 0 atom stereocenters. The Morgan fingerprint density at radius 1 is 1.14 bits per heavy atom. The molecule has 21 heavy (non-hydrogen) atoms. The van der Waals surface area contributed by atoms with E-state index in [1.54, 1.807) is 30.3 Å². The van der Waals surface area contributed by atoms with Crippen molar-refractivity contribution in [3.63, 3.8) is 0 Å². The van der Waals surface area contributed by atoms with E-state index in [0.717, 1.165) is 5.56 Å². The van der Waals surface area contributed by atoms with Crippen molar-refractivity contribution in [2.75, 3.05) is 0 Å². The van der Waals surface area contributed by atoms with E-state index in [-0.39, 0.29) is 11.8 Å². The summed E-state index contributed by atoms with van der Waals surface area (Å²) in [5, 5.41) is 9.72. The Labute approximate surface area is 126 Å². The molecule has 0 fully saturated rings. The molecule has 0 unspecified atom stereocenters. The number of hydrogen-bond donors (Lipinski definition) is 0. The average molecular weight is 296 g/mol. The van der Waals surface area contributed by atoms with Gasteiger partial charge in [-0.25, -0.2) is 0 Å². The number of fused-ring (bicyclic) bond motifs is 1. The summed E-state index contributed by atoms with van der Waals surface area (Å²) in [6, 6.07) is 15.9. The van der Waals surface area contributed by atoms with Crippen LogP contribution in [0.3, 0.4) is 0 Å². The van der Waals surface area contributed by atoms with Crippen molar-refractivity contribution < 1.29 is 4.42 Å². The molecule has 0 aliphatic carbocycles. The molecule has 0 saturated carbocycles. The third-order valence-corrected chi connectivity index (χ3v) is 3.54. The maximum absolute atomic E-state index is 12.3. The summed E-state index contributed by atoms with van der Waals surface area (Å²) < 4.78 is 5.78. The lowest BCUT2D eigenvalue weighted by Gasteiger charge is -2.05. The number of benzene rings is 2. The van der Waals surface area contributed by atoms with Crippen molar-refractivity contribution in [1.82, 2.24) is 0 Å². The first-order valence-electron chi connectivity index (χ1n) is 6.37. The van der Waals surface area contributed by atoms with Crippen molar-refractivity contribution >= 4 is 22.6 Å². The van der Waals surface area contributed by atoms with Gasteiger partial charge < -0.3 is 4.42 Å². The minimum Gasteiger partial charge on any atom is -0.456 e. The van der Waals surface area contributed by atoms with Gasteiger partial charge in [-0.2, -0.15) is 5.26 Å². The van der Waals surface area contributed by atoms with Crippen molar-refractivity contribution in [2.45, 2.75) is 6.42 Å². The summed E-state index contributed by atoms with van der Waals surface area (Å²) in [5.74, 6) is 0.436. The fourth-order valence-electron chi connectivity index (χ4n) is 2.20. The molecule has 0 N–H and O–H groups in total. The van der Waals surface area contributed by atoms with Gasteiger partial charge in [0.25, 0.3) is 0 Å². The highest BCUT2D eigenvalue weighted by Crippen LogP contribution is 2.28. The molecule has 0 spiro atoms. The minimum absolute atomic E-state index is 0.147. The number of nitrogens with zero attached hydrogens (tertiary/aromatic N) is 1. The van der Waals surface area contributed by atoms with E-state index in [1.807, 2.05) is 12.1 Å². The summed E-state index contributed by atoms with van der Waals surface area (Å²) in [7, 11) is 0. The minimum atomic E-state index is -0.147. The van der Waals surface area contributed by atoms with Crippen LogP contribution in [0.15, 0.2) is 57.7 Å². The predicted octanol–water partition coefficient (Wildman–Crippen LogP) is 4.18. The lowest BCUT2D eigenvalue weighted by molar-refractivity contribution is 0.619. The smallest absolute Gasteiger partial charge is 0.193 e. The zero-order chi connectivity index (χ0) is 14.8. The maximum atomic E-state index is 12.3. The molecular weight excluding hydrogens is 286 g/mol.